The summed E-state index contributed by atoms with van der Waals surface area (Å²) in [5.74, 6) is 1.36. The Morgan fingerprint density at radius 3 is 2.82 bits per heavy atom. The van der Waals surface area contributed by atoms with Crippen LogP contribution in [0.1, 0.15) is 18.2 Å². The number of pyridine rings is 1. The quantitative estimate of drug-likeness (QED) is 0.868. The van der Waals surface area contributed by atoms with Crippen LogP contribution in [-0.2, 0) is 17.8 Å². The number of aromatic nitrogens is 3. The van der Waals surface area contributed by atoms with Gasteiger partial charge in [0.1, 0.15) is 5.82 Å². The zero-order valence-electron chi connectivity index (χ0n) is 10.1. The number of hydrogen-bond donors (Lipinski definition) is 1. The second-order valence-electron chi connectivity index (χ2n) is 3.70. The maximum atomic E-state index is 6.08. The molecule has 0 unspecified atom stereocenters. The molecule has 0 saturated carbocycles. The lowest BCUT2D eigenvalue weighted by atomic mass is 10.2. The van der Waals surface area contributed by atoms with Crippen molar-refractivity contribution in [2.45, 2.75) is 20.0 Å². The van der Waals surface area contributed by atoms with Crippen LogP contribution >= 0.6 is 0 Å². The van der Waals surface area contributed by atoms with E-state index >= 15 is 0 Å². The number of rotatable bonds is 4. The summed E-state index contributed by atoms with van der Waals surface area (Å²) in [5.41, 5.74) is 7.98. The van der Waals surface area contributed by atoms with Gasteiger partial charge in [-0.05, 0) is 18.6 Å². The third-order valence-electron chi connectivity index (χ3n) is 2.61. The Bertz CT molecular complexity index is 493. The monoisotopic (exact) mass is 232 g/mol. The first-order chi connectivity index (χ1) is 8.27. The molecule has 5 nitrogen and oxygen atoms in total. The number of ether oxygens (including phenoxy) is 1. The molecule has 2 heterocycles. The average molecular weight is 232 g/mol. The summed E-state index contributed by atoms with van der Waals surface area (Å²) in [5, 5.41) is 4.44. The summed E-state index contributed by atoms with van der Waals surface area (Å²) >= 11 is 0. The molecule has 17 heavy (non-hydrogen) atoms. The summed E-state index contributed by atoms with van der Waals surface area (Å²) in [7, 11) is 1.65. The van der Waals surface area contributed by atoms with Crippen molar-refractivity contribution in [2.75, 3.05) is 12.8 Å². The zero-order valence-corrected chi connectivity index (χ0v) is 10.1. The van der Waals surface area contributed by atoms with Crippen molar-refractivity contribution in [1.29, 1.82) is 0 Å². The van der Waals surface area contributed by atoms with Crippen LogP contribution in [-0.4, -0.2) is 21.9 Å². The highest BCUT2D eigenvalue weighted by molar-refractivity contribution is 5.48. The molecule has 2 N–H and O–H groups in total. The fourth-order valence-electron chi connectivity index (χ4n) is 1.80. The van der Waals surface area contributed by atoms with Crippen molar-refractivity contribution >= 4 is 5.82 Å². The van der Waals surface area contributed by atoms with Crippen molar-refractivity contribution < 1.29 is 4.74 Å². The molecule has 0 atom stereocenters. The maximum absolute atomic E-state index is 6.08. The van der Waals surface area contributed by atoms with Crippen LogP contribution in [0.4, 0.5) is 5.82 Å². The van der Waals surface area contributed by atoms with E-state index in [1.165, 1.54) is 0 Å². The molecule has 0 aromatic carbocycles. The lowest BCUT2D eigenvalue weighted by Crippen LogP contribution is -2.04. The second kappa shape index (κ2) is 4.97. The Hall–Kier alpha value is -1.88. The summed E-state index contributed by atoms with van der Waals surface area (Å²) in [4.78, 5) is 4.24. The summed E-state index contributed by atoms with van der Waals surface area (Å²) in [6.45, 7) is 2.52. The molecule has 0 spiro atoms. The first-order valence-corrected chi connectivity index (χ1v) is 5.54. The molecule has 0 aliphatic heterocycles. The van der Waals surface area contributed by atoms with E-state index in [0.717, 1.165) is 23.5 Å². The third-order valence-corrected chi connectivity index (χ3v) is 2.61. The van der Waals surface area contributed by atoms with E-state index in [1.807, 2.05) is 18.2 Å². The number of hydrogen-bond acceptors (Lipinski definition) is 4. The maximum Gasteiger partial charge on any atom is 0.155 e. The number of nitrogen functional groups attached to an aromatic ring is 1. The first kappa shape index (κ1) is 11.6. The topological polar surface area (TPSA) is 66.0 Å². The van der Waals surface area contributed by atoms with Gasteiger partial charge in [0.25, 0.3) is 0 Å². The van der Waals surface area contributed by atoms with Gasteiger partial charge in [-0.15, -0.1) is 0 Å². The highest BCUT2D eigenvalue weighted by atomic mass is 16.5. The second-order valence-corrected chi connectivity index (χ2v) is 3.70. The van der Waals surface area contributed by atoms with Gasteiger partial charge < -0.3 is 10.5 Å². The SMILES string of the molecule is CCc1c(COC)nn(-c2ccccn2)c1N. The molecular formula is C12H16N4O. The van der Waals surface area contributed by atoms with Crippen LogP contribution in [0.2, 0.25) is 0 Å². The van der Waals surface area contributed by atoms with Gasteiger partial charge in [0.15, 0.2) is 5.82 Å². The summed E-state index contributed by atoms with van der Waals surface area (Å²) in [6.07, 6.45) is 2.55. The highest BCUT2D eigenvalue weighted by Gasteiger charge is 2.15. The van der Waals surface area contributed by atoms with Crippen LogP contribution in [0.15, 0.2) is 24.4 Å². The Morgan fingerprint density at radius 1 is 1.41 bits per heavy atom. The van der Waals surface area contributed by atoms with Gasteiger partial charge in [0.05, 0.1) is 12.3 Å². The van der Waals surface area contributed by atoms with Gasteiger partial charge in [-0.25, -0.2) is 4.98 Å². The number of methoxy groups -OCH3 is 1. The number of nitrogens with two attached hydrogens (primary N) is 1. The van der Waals surface area contributed by atoms with Crippen molar-refractivity contribution in [1.82, 2.24) is 14.8 Å². The molecule has 2 aromatic heterocycles. The minimum absolute atomic E-state index is 0.465. The molecule has 5 heteroatoms. The molecule has 2 rings (SSSR count). The Kier molecular flexibility index (Phi) is 3.39. The molecular weight excluding hydrogens is 216 g/mol. The molecule has 0 bridgehead atoms. The standard InChI is InChI=1S/C12H16N4O/c1-3-9-10(8-17-2)15-16(12(9)13)11-6-4-5-7-14-11/h4-7H,3,8,13H2,1-2H3. The molecule has 0 fully saturated rings. The minimum atomic E-state index is 0.465. The van der Waals surface area contributed by atoms with Crippen LogP contribution < -0.4 is 5.73 Å². The van der Waals surface area contributed by atoms with Crippen LogP contribution in [0.5, 0.6) is 0 Å². The predicted molar refractivity (Wildman–Crippen MR) is 65.9 cm³/mol. The minimum Gasteiger partial charge on any atom is -0.383 e. The van der Waals surface area contributed by atoms with Crippen LogP contribution in [0.25, 0.3) is 5.82 Å². The van der Waals surface area contributed by atoms with Gasteiger partial charge in [0, 0.05) is 18.9 Å². The largest absolute Gasteiger partial charge is 0.383 e. The number of anilines is 1. The van der Waals surface area contributed by atoms with Crippen molar-refractivity contribution in [2.24, 2.45) is 0 Å². The lowest BCUT2D eigenvalue weighted by molar-refractivity contribution is 0.180. The Morgan fingerprint density at radius 2 is 2.24 bits per heavy atom. The smallest absolute Gasteiger partial charge is 0.155 e. The third kappa shape index (κ3) is 2.14. The van der Waals surface area contributed by atoms with Crippen molar-refractivity contribution in [3.63, 3.8) is 0 Å². The Labute approximate surface area is 100 Å². The molecule has 0 amide bonds. The highest BCUT2D eigenvalue weighted by Crippen LogP contribution is 2.21. The lowest BCUT2D eigenvalue weighted by Gasteiger charge is -2.02. The summed E-state index contributed by atoms with van der Waals surface area (Å²) < 4.78 is 6.78. The predicted octanol–water partition coefficient (Wildman–Crippen LogP) is 1.56. The van der Waals surface area contributed by atoms with Crippen LogP contribution in [0.3, 0.4) is 0 Å². The van der Waals surface area contributed by atoms with Gasteiger partial charge in [0.2, 0.25) is 0 Å². The van der Waals surface area contributed by atoms with E-state index < -0.39 is 0 Å². The zero-order chi connectivity index (χ0) is 12.3. The van der Waals surface area contributed by atoms with Gasteiger partial charge in [-0.3, -0.25) is 0 Å². The Balaban J connectivity index is 2.49. The molecule has 0 aliphatic rings. The summed E-state index contributed by atoms with van der Waals surface area (Å²) in [6, 6.07) is 5.64. The van der Waals surface area contributed by atoms with E-state index in [0.29, 0.717) is 12.4 Å². The molecule has 0 aliphatic carbocycles. The fraction of sp³-hybridized carbons (Fsp3) is 0.333. The molecule has 0 radical (unpaired) electrons. The average Bonchev–Trinajstić information content (AvgIpc) is 2.67. The van der Waals surface area contributed by atoms with Gasteiger partial charge >= 0.3 is 0 Å². The van der Waals surface area contributed by atoms with Gasteiger partial charge in [-0.2, -0.15) is 9.78 Å². The fourth-order valence-corrected chi connectivity index (χ4v) is 1.80. The normalized spacial score (nSPS) is 10.7. The molecule has 90 valence electrons. The van der Waals surface area contributed by atoms with E-state index in [2.05, 4.69) is 17.0 Å². The first-order valence-electron chi connectivity index (χ1n) is 5.54. The van der Waals surface area contributed by atoms with Gasteiger partial charge in [-0.1, -0.05) is 13.0 Å². The van der Waals surface area contributed by atoms with Crippen molar-refractivity contribution in [3.8, 4) is 5.82 Å². The van der Waals surface area contributed by atoms with Crippen LogP contribution in [0, 0.1) is 0 Å². The van der Waals surface area contributed by atoms with Crippen molar-refractivity contribution in [3.05, 3.63) is 35.7 Å². The molecule has 2 aromatic rings. The van der Waals surface area contributed by atoms with E-state index in [-0.39, 0.29) is 0 Å². The number of nitrogens with zero attached hydrogens (tertiary/aromatic N) is 3. The van der Waals surface area contributed by atoms with E-state index in [4.69, 9.17) is 10.5 Å². The van der Waals surface area contributed by atoms with E-state index in [1.54, 1.807) is 18.0 Å². The van der Waals surface area contributed by atoms with E-state index in [9.17, 15) is 0 Å². The molecule has 0 saturated heterocycles.